The van der Waals surface area contributed by atoms with Crippen LogP contribution in [0, 0.1) is 5.92 Å². The third kappa shape index (κ3) is 4.90. The second kappa shape index (κ2) is 7.94. The van der Waals surface area contributed by atoms with Crippen LogP contribution in [0.4, 0.5) is 5.69 Å². The first-order valence-corrected chi connectivity index (χ1v) is 8.33. The molecule has 0 aliphatic rings. The summed E-state index contributed by atoms with van der Waals surface area (Å²) in [4.78, 5) is 24.1. The fourth-order valence-electron chi connectivity index (χ4n) is 2.27. The van der Waals surface area contributed by atoms with Crippen molar-refractivity contribution < 1.29 is 9.59 Å². The van der Waals surface area contributed by atoms with E-state index in [0.29, 0.717) is 6.54 Å². The van der Waals surface area contributed by atoms with Crippen LogP contribution in [-0.2, 0) is 21.7 Å². The minimum atomic E-state index is -1.09. The van der Waals surface area contributed by atoms with Gasteiger partial charge in [0.25, 0.3) is 0 Å². The number of carbonyl (C=O) groups is 2. The van der Waals surface area contributed by atoms with Gasteiger partial charge in [0.2, 0.25) is 11.8 Å². The number of amides is 2. The van der Waals surface area contributed by atoms with Crippen molar-refractivity contribution in [1.29, 1.82) is 0 Å². The lowest BCUT2D eigenvalue weighted by atomic mass is 9.92. The zero-order valence-electron chi connectivity index (χ0n) is 14.9. The van der Waals surface area contributed by atoms with Gasteiger partial charge in [-0.3, -0.25) is 9.59 Å². The average molecular weight is 339 g/mol. The maximum Gasteiger partial charge on any atom is 0.244 e. The van der Waals surface area contributed by atoms with E-state index in [1.54, 1.807) is 6.92 Å². The van der Waals surface area contributed by atoms with Gasteiger partial charge in [-0.25, -0.2) is 0 Å². The summed E-state index contributed by atoms with van der Waals surface area (Å²) < 4.78 is 0. The number of rotatable bonds is 6. The second-order valence-corrected chi connectivity index (χ2v) is 6.59. The topological polar surface area (TPSA) is 84.2 Å². The van der Waals surface area contributed by atoms with Crippen molar-refractivity contribution in [2.75, 3.05) is 5.32 Å². The van der Waals surface area contributed by atoms with Crippen LogP contribution in [0.3, 0.4) is 0 Å². The monoisotopic (exact) mass is 339 g/mol. The van der Waals surface area contributed by atoms with Gasteiger partial charge in [-0.1, -0.05) is 56.3 Å². The van der Waals surface area contributed by atoms with Gasteiger partial charge < -0.3 is 16.4 Å². The lowest BCUT2D eigenvalue weighted by Gasteiger charge is -2.24. The Bertz CT molecular complexity index is 722. The van der Waals surface area contributed by atoms with Crippen LogP contribution < -0.4 is 16.4 Å². The molecule has 2 amide bonds. The van der Waals surface area contributed by atoms with Crippen molar-refractivity contribution in [2.24, 2.45) is 11.7 Å². The molecular formula is C20H25N3O2. The molecule has 0 heterocycles. The first-order chi connectivity index (χ1) is 11.8. The van der Waals surface area contributed by atoms with Gasteiger partial charge in [0.15, 0.2) is 0 Å². The van der Waals surface area contributed by atoms with Gasteiger partial charge in [-0.15, -0.1) is 0 Å². The number of anilines is 1. The quantitative estimate of drug-likeness (QED) is 0.756. The molecule has 0 saturated heterocycles. The molecule has 0 aromatic heterocycles. The molecule has 0 radical (unpaired) electrons. The Morgan fingerprint density at radius 3 is 2.20 bits per heavy atom. The van der Waals surface area contributed by atoms with Gasteiger partial charge in [-0.05, 0) is 30.2 Å². The summed E-state index contributed by atoms with van der Waals surface area (Å²) >= 11 is 0. The Morgan fingerprint density at radius 1 is 1.04 bits per heavy atom. The molecule has 2 rings (SSSR count). The van der Waals surface area contributed by atoms with E-state index in [4.69, 9.17) is 5.73 Å². The highest BCUT2D eigenvalue weighted by molar-refractivity contribution is 5.92. The molecule has 5 heteroatoms. The molecule has 0 fully saturated rings. The van der Waals surface area contributed by atoms with Gasteiger partial charge in [0.1, 0.15) is 5.54 Å². The van der Waals surface area contributed by atoms with E-state index < -0.39 is 5.54 Å². The van der Waals surface area contributed by atoms with Crippen LogP contribution in [0.2, 0.25) is 0 Å². The van der Waals surface area contributed by atoms with E-state index in [9.17, 15) is 9.59 Å². The Balaban J connectivity index is 1.95. The van der Waals surface area contributed by atoms with Crippen LogP contribution in [-0.4, -0.2) is 11.8 Å². The molecule has 0 saturated carbocycles. The van der Waals surface area contributed by atoms with Crippen molar-refractivity contribution in [3.63, 3.8) is 0 Å². The molecule has 1 atom stereocenters. The summed E-state index contributed by atoms with van der Waals surface area (Å²) in [6.07, 6.45) is 0. The first kappa shape index (κ1) is 18.7. The summed E-state index contributed by atoms with van der Waals surface area (Å²) in [6.45, 7) is 5.75. The number of nitrogens with two attached hydrogens (primary N) is 1. The fraction of sp³-hybridized carbons (Fsp3) is 0.300. The highest BCUT2D eigenvalue weighted by Crippen LogP contribution is 2.18. The highest BCUT2D eigenvalue weighted by atomic mass is 16.2. The van der Waals surface area contributed by atoms with Gasteiger partial charge in [0.05, 0.1) is 0 Å². The lowest BCUT2D eigenvalue weighted by molar-refractivity contribution is -0.126. The van der Waals surface area contributed by atoms with Crippen LogP contribution >= 0.6 is 0 Å². The maximum atomic E-state index is 12.4. The van der Waals surface area contributed by atoms with Crippen LogP contribution in [0.1, 0.15) is 31.9 Å². The predicted octanol–water partition coefficient (Wildman–Crippen LogP) is 2.77. The van der Waals surface area contributed by atoms with E-state index >= 15 is 0 Å². The summed E-state index contributed by atoms with van der Waals surface area (Å²) in [5.74, 6) is -0.335. The molecule has 0 spiro atoms. The molecule has 2 aromatic rings. The molecular weight excluding hydrogens is 314 g/mol. The van der Waals surface area contributed by atoms with Crippen molar-refractivity contribution in [1.82, 2.24) is 5.32 Å². The standard InChI is InChI=1S/C20H25N3O2/c1-14(2)18(24)23-17-11-9-15(10-12-17)13-22-19(25)20(3,21)16-7-5-4-6-8-16/h4-12,14H,13,21H2,1-3H3,(H,22,25)(H,23,24). The normalized spacial score (nSPS) is 13.2. The molecule has 0 bridgehead atoms. The minimum Gasteiger partial charge on any atom is -0.350 e. The van der Waals surface area contributed by atoms with E-state index in [0.717, 1.165) is 16.8 Å². The number of nitrogens with one attached hydrogen (secondary N) is 2. The summed E-state index contributed by atoms with van der Waals surface area (Å²) in [5.41, 5.74) is 7.53. The van der Waals surface area contributed by atoms with Crippen molar-refractivity contribution in [3.05, 3.63) is 65.7 Å². The molecule has 5 nitrogen and oxygen atoms in total. The van der Waals surface area contributed by atoms with Crippen LogP contribution in [0.15, 0.2) is 54.6 Å². The summed E-state index contributed by atoms with van der Waals surface area (Å²) in [5, 5.41) is 5.70. The Hall–Kier alpha value is -2.66. The van der Waals surface area contributed by atoms with Crippen LogP contribution in [0.25, 0.3) is 0 Å². The maximum absolute atomic E-state index is 12.4. The molecule has 1 unspecified atom stereocenters. The van der Waals surface area contributed by atoms with Gasteiger partial charge >= 0.3 is 0 Å². The molecule has 0 aliphatic heterocycles. The predicted molar refractivity (Wildman–Crippen MR) is 99.7 cm³/mol. The van der Waals surface area contributed by atoms with Crippen molar-refractivity contribution in [2.45, 2.75) is 32.9 Å². The summed E-state index contributed by atoms with van der Waals surface area (Å²) in [6, 6.07) is 16.7. The average Bonchev–Trinajstić information content (AvgIpc) is 2.61. The first-order valence-electron chi connectivity index (χ1n) is 8.33. The Kier molecular flexibility index (Phi) is 5.93. The zero-order valence-corrected chi connectivity index (χ0v) is 14.9. The Labute approximate surface area is 148 Å². The number of hydrogen-bond acceptors (Lipinski definition) is 3. The van der Waals surface area contributed by atoms with E-state index in [1.165, 1.54) is 0 Å². The molecule has 2 aromatic carbocycles. The highest BCUT2D eigenvalue weighted by Gasteiger charge is 2.29. The number of benzene rings is 2. The summed E-state index contributed by atoms with van der Waals surface area (Å²) in [7, 11) is 0. The fourth-order valence-corrected chi connectivity index (χ4v) is 2.27. The van der Waals surface area contributed by atoms with Crippen molar-refractivity contribution >= 4 is 17.5 Å². The lowest BCUT2D eigenvalue weighted by Crippen LogP contribution is -2.48. The van der Waals surface area contributed by atoms with Crippen LogP contribution in [0.5, 0.6) is 0 Å². The molecule has 0 aliphatic carbocycles. The van der Waals surface area contributed by atoms with Crippen molar-refractivity contribution in [3.8, 4) is 0 Å². The Morgan fingerprint density at radius 2 is 1.64 bits per heavy atom. The SMILES string of the molecule is CC(C)C(=O)Nc1ccc(CNC(=O)C(C)(N)c2ccccc2)cc1. The third-order valence-corrected chi connectivity index (χ3v) is 4.04. The van der Waals surface area contributed by atoms with E-state index in [-0.39, 0.29) is 17.7 Å². The minimum absolute atomic E-state index is 0.0252. The number of hydrogen-bond donors (Lipinski definition) is 3. The molecule has 132 valence electrons. The zero-order chi connectivity index (χ0) is 18.4. The number of carbonyl (C=O) groups excluding carboxylic acids is 2. The van der Waals surface area contributed by atoms with E-state index in [1.807, 2.05) is 68.4 Å². The smallest absolute Gasteiger partial charge is 0.244 e. The molecule has 4 N–H and O–H groups in total. The largest absolute Gasteiger partial charge is 0.350 e. The second-order valence-electron chi connectivity index (χ2n) is 6.59. The molecule has 25 heavy (non-hydrogen) atoms. The van der Waals surface area contributed by atoms with E-state index in [2.05, 4.69) is 10.6 Å². The third-order valence-electron chi connectivity index (χ3n) is 4.04. The van der Waals surface area contributed by atoms with Gasteiger partial charge in [0, 0.05) is 18.2 Å². The van der Waals surface area contributed by atoms with Gasteiger partial charge in [-0.2, -0.15) is 0 Å².